The molecule has 1 heterocycles. The number of hydrogen-bond donors (Lipinski definition) is 1. The van der Waals surface area contributed by atoms with Gasteiger partial charge in [-0.2, -0.15) is 5.10 Å². The summed E-state index contributed by atoms with van der Waals surface area (Å²) in [5, 5.41) is 14.5. The Bertz CT molecular complexity index is 700. The highest BCUT2D eigenvalue weighted by Crippen LogP contribution is 2.33. The summed E-state index contributed by atoms with van der Waals surface area (Å²) >= 11 is 6.28. The fourth-order valence-electron chi connectivity index (χ4n) is 3.20. The van der Waals surface area contributed by atoms with Crippen LogP contribution < -0.4 is 0 Å². The van der Waals surface area contributed by atoms with Crippen LogP contribution in [0.5, 0.6) is 0 Å². The number of hydrogen-bond acceptors (Lipinski definition) is 4. The molecule has 1 aromatic heterocycles. The molecule has 2 atom stereocenters. The van der Waals surface area contributed by atoms with E-state index in [-0.39, 0.29) is 6.61 Å². The number of halogens is 1. The molecule has 2 unspecified atom stereocenters. The van der Waals surface area contributed by atoms with Gasteiger partial charge in [-0.3, -0.25) is 0 Å². The van der Waals surface area contributed by atoms with Crippen molar-refractivity contribution < 1.29 is 9.84 Å². The first-order chi connectivity index (χ1) is 11.6. The third-order valence-electron chi connectivity index (χ3n) is 4.84. The van der Waals surface area contributed by atoms with Gasteiger partial charge in [0.15, 0.2) is 5.82 Å². The molecule has 0 saturated heterocycles. The van der Waals surface area contributed by atoms with Crippen molar-refractivity contribution in [2.45, 2.75) is 45.1 Å². The molecule has 0 radical (unpaired) electrons. The zero-order valence-electron chi connectivity index (χ0n) is 14.2. The molecule has 0 amide bonds. The second-order valence-electron chi connectivity index (χ2n) is 6.38. The maximum absolute atomic E-state index is 9.06. The number of aliphatic hydroxyl groups is 1. The standard InChI is InChI=1S/C18H24ClN3O2/c1-12-14(19)5-3-6-15(12)22-18(11-13-8-9-16(13)24-2)20-17(21-22)7-4-10-23/h3,5-6,13,16,23H,4,7-11H2,1-2H3. The molecule has 1 saturated carbocycles. The normalized spacial score (nSPS) is 20.2. The third kappa shape index (κ3) is 3.48. The van der Waals surface area contributed by atoms with Crippen molar-refractivity contribution in [3.63, 3.8) is 0 Å². The van der Waals surface area contributed by atoms with Crippen LogP contribution in [0.25, 0.3) is 5.69 Å². The molecule has 6 heteroatoms. The summed E-state index contributed by atoms with van der Waals surface area (Å²) < 4.78 is 7.44. The number of benzene rings is 1. The van der Waals surface area contributed by atoms with Gasteiger partial charge >= 0.3 is 0 Å². The molecule has 1 N–H and O–H groups in total. The van der Waals surface area contributed by atoms with Gasteiger partial charge in [0, 0.05) is 31.6 Å². The first-order valence-corrected chi connectivity index (χ1v) is 8.85. The maximum atomic E-state index is 9.06. The van der Waals surface area contributed by atoms with Crippen molar-refractivity contribution in [1.82, 2.24) is 14.8 Å². The Hall–Kier alpha value is -1.43. The average molecular weight is 350 g/mol. The Morgan fingerprint density at radius 3 is 2.88 bits per heavy atom. The number of methoxy groups -OCH3 is 1. The van der Waals surface area contributed by atoms with Crippen molar-refractivity contribution in [2.75, 3.05) is 13.7 Å². The van der Waals surface area contributed by atoms with Gasteiger partial charge in [0.1, 0.15) is 5.82 Å². The summed E-state index contributed by atoms with van der Waals surface area (Å²) in [4.78, 5) is 4.73. The van der Waals surface area contributed by atoms with Gasteiger partial charge in [-0.1, -0.05) is 17.7 Å². The lowest BCUT2D eigenvalue weighted by Gasteiger charge is -2.35. The smallest absolute Gasteiger partial charge is 0.151 e. The Morgan fingerprint density at radius 1 is 1.38 bits per heavy atom. The molecule has 24 heavy (non-hydrogen) atoms. The van der Waals surface area contributed by atoms with Crippen LogP contribution in [-0.2, 0) is 17.6 Å². The quantitative estimate of drug-likeness (QED) is 0.834. The zero-order chi connectivity index (χ0) is 17.1. The maximum Gasteiger partial charge on any atom is 0.151 e. The second kappa shape index (κ2) is 7.64. The van der Waals surface area contributed by atoms with E-state index in [0.29, 0.717) is 24.9 Å². The van der Waals surface area contributed by atoms with E-state index in [9.17, 15) is 0 Å². The van der Waals surface area contributed by atoms with E-state index in [4.69, 9.17) is 26.4 Å². The fourth-order valence-corrected chi connectivity index (χ4v) is 3.37. The molecule has 1 aliphatic carbocycles. The summed E-state index contributed by atoms with van der Waals surface area (Å²) in [7, 11) is 1.77. The van der Waals surface area contributed by atoms with Gasteiger partial charge in [-0.25, -0.2) is 9.67 Å². The van der Waals surface area contributed by atoms with Gasteiger partial charge in [-0.05, 0) is 49.8 Å². The molecule has 1 aliphatic rings. The van der Waals surface area contributed by atoms with Crippen molar-refractivity contribution >= 4 is 11.6 Å². The molecule has 5 nitrogen and oxygen atoms in total. The van der Waals surface area contributed by atoms with Gasteiger partial charge in [0.05, 0.1) is 11.8 Å². The van der Waals surface area contributed by atoms with Gasteiger partial charge < -0.3 is 9.84 Å². The minimum Gasteiger partial charge on any atom is -0.396 e. The highest BCUT2D eigenvalue weighted by atomic mass is 35.5. The van der Waals surface area contributed by atoms with Crippen LogP contribution in [0.1, 0.15) is 36.5 Å². The molecule has 0 bridgehead atoms. The number of aryl methyl sites for hydroxylation is 1. The summed E-state index contributed by atoms with van der Waals surface area (Å²) in [6.07, 6.45) is 4.78. The van der Waals surface area contributed by atoms with E-state index in [1.807, 2.05) is 29.8 Å². The Balaban J connectivity index is 1.93. The van der Waals surface area contributed by atoms with Gasteiger partial charge in [0.25, 0.3) is 0 Å². The van der Waals surface area contributed by atoms with Gasteiger partial charge in [0.2, 0.25) is 0 Å². The summed E-state index contributed by atoms with van der Waals surface area (Å²) in [6.45, 7) is 2.15. The predicted octanol–water partition coefficient (Wildman–Crippen LogP) is 3.12. The average Bonchev–Trinajstić information content (AvgIpc) is 2.95. The Labute approximate surface area is 147 Å². The van der Waals surface area contributed by atoms with Crippen LogP contribution in [0.2, 0.25) is 5.02 Å². The molecular formula is C18H24ClN3O2. The molecular weight excluding hydrogens is 326 g/mol. The minimum absolute atomic E-state index is 0.147. The van der Waals surface area contributed by atoms with Crippen LogP contribution in [0.4, 0.5) is 0 Å². The summed E-state index contributed by atoms with van der Waals surface area (Å²) in [5.74, 6) is 2.20. The first kappa shape index (κ1) is 17.4. The highest BCUT2D eigenvalue weighted by Gasteiger charge is 2.32. The van der Waals surface area contributed by atoms with Crippen LogP contribution in [0.3, 0.4) is 0 Å². The van der Waals surface area contributed by atoms with Crippen LogP contribution in [0, 0.1) is 12.8 Å². The number of nitrogens with zero attached hydrogens (tertiary/aromatic N) is 3. The fraction of sp³-hybridized carbons (Fsp3) is 0.556. The first-order valence-electron chi connectivity index (χ1n) is 8.48. The summed E-state index contributed by atoms with van der Waals surface area (Å²) in [5.41, 5.74) is 1.96. The van der Waals surface area contributed by atoms with Crippen LogP contribution in [0.15, 0.2) is 18.2 Å². The van der Waals surface area contributed by atoms with E-state index in [1.54, 1.807) is 7.11 Å². The number of aromatic nitrogens is 3. The topological polar surface area (TPSA) is 60.2 Å². The van der Waals surface area contributed by atoms with E-state index < -0.39 is 0 Å². The lowest BCUT2D eigenvalue weighted by atomic mass is 9.79. The number of ether oxygens (including phenoxy) is 1. The van der Waals surface area contributed by atoms with Crippen LogP contribution in [-0.4, -0.2) is 39.7 Å². The minimum atomic E-state index is 0.147. The van der Waals surface area contributed by atoms with Crippen molar-refractivity contribution in [2.24, 2.45) is 5.92 Å². The lowest BCUT2D eigenvalue weighted by Crippen LogP contribution is -2.35. The number of rotatable bonds is 7. The van der Waals surface area contributed by atoms with Crippen molar-refractivity contribution in [1.29, 1.82) is 0 Å². The predicted molar refractivity (Wildman–Crippen MR) is 93.7 cm³/mol. The lowest BCUT2D eigenvalue weighted by molar-refractivity contribution is -0.0167. The van der Waals surface area contributed by atoms with E-state index in [2.05, 4.69) is 5.10 Å². The molecule has 3 rings (SSSR count). The Morgan fingerprint density at radius 2 is 2.21 bits per heavy atom. The summed E-state index contributed by atoms with van der Waals surface area (Å²) in [6, 6.07) is 5.84. The van der Waals surface area contributed by atoms with Gasteiger partial charge in [-0.15, -0.1) is 0 Å². The monoisotopic (exact) mass is 349 g/mol. The van der Waals surface area contributed by atoms with Crippen molar-refractivity contribution in [3.8, 4) is 5.69 Å². The third-order valence-corrected chi connectivity index (χ3v) is 5.25. The highest BCUT2D eigenvalue weighted by molar-refractivity contribution is 6.31. The number of aliphatic hydroxyl groups excluding tert-OH is 1. The molecule has 0 aliphatic heterocycles. The molecule has 0 spiro atoms. The largest absolute Gasteiger partial charge is 0.396 e. The zero-order valence-corrected chi connectivity index (χ0v) is 15.0. The SMILES string of the molecule is COC1CCC1Cc1nc(CCCO)nn1-c1cccc(Cl)c1C. The van der Waals surface area contributed by atoms with E-state index in [0.717, 1.165) is 47.2 Å². The molecule has 130 valence electrons. The Kier molecular flexibility index (Phi) is 5.54. The second-order valence-corrected chi connectivity index (χ2v) is 6.79. The van der Waals surface area contributed by atoms with Crippen molar-refractivity contribution in [3.05, 3.63) is 40.4 Å². The molecule has 1 fully saturated rings. The molecule has 1 aromatic carbocycles. The van der Waals surface area contributed by atoms with E-state index in [1.165, 1.54) is 0 Å². The molecule has 2 aromatic rings. The van der Waals surface area contributed by atoms with Crippen LogP contribution >= 0.6 is 11.6 Å². The van der Waals surface area contributed by atoms with E-state index >= 15 is 0 Å².